The summed E-state index contributed by atoms with van der Waals surface area (Å²) in [6.07, 6.45) is 0.985. The van der Waals surface area contributed by atoms with Crippen molar-refractivity contribution in [2.75, 3.05) is 11.9 Å². The van der Waals surface area contributed by atoms with Crippen LogP contribution in [0.15, 0.2) is 24.3 Å². The van der Waals surface area contributed by atoms with Crippen molar-refractivity contribution in [2.24, 2.45) is 0 Å². The summed E-state index contributed by atoms with van der Waals surface area (Å²) < 4.78 is 5.52. The van der Waals surface area contributed by atoms with Crippen LogP contribution in [0.25, 0.3) is 0 Å². The van der Waals surface area contributed by atoms with Crippen LogP contribution in [-0.2, 0) is 6.54 Å². The van der Waals surface area contributed by atoms with E-state index in [9.17, 15) is 4.79 Å². The van der Waals surface area contributed by atoms with Crippen molar-refractivity contribution in [3.8, 4) is 5.75 Å². The van der Waals surface area contributed by atoms with E-state index in [1.54, 1.807) is 6.92 Å². The van der Waals surface area contributed by atoms with Gasteiger partial charge in [-0.25, -0.2) is 9.78 Å². The first kappa shape index (κ1) is 15.3. The maximum atomic E-state index is 11.0. The van der Waals surface area contributed by atoms with Gasteiger partial charge in [-0.2, -0.15) is 0 Å². The van der Waals surface area contributed by atoms with E-state index in [-0.39, 0.29) is 4.88 Å². The number of carboxylic acids is 1. The van der Waals surface area contributed by atoms with Crippen molar-refractivity contribution in [1.82, 2.24) is 4.98 Å². The standard InChI is InChI=1S/C15H18N2O3S/c1-3-8-20-12-6-4-11(5-7-12)9-16-15-17-10(2)13(21-15)14(18)19/h4-7H,3,8-9H2,1-2H3,(H,16,17)(H,18,19). The zero-order valence-corrected chi connectivity index (χ0v) is 12.9. The second-order valence-corrected chi connectivity index (χ2v) is 5.58. The average molecular weight is 306 g/mol. The molecule has 2 N–H and O–H groups in total. The Hall–Kier alpha value is -2.08. The van der Waals surface area contributed by atoms with E-state index in [2.05, 4.69) is 17.2 Å². The Morgan fingerprint density at radius 3 is 2.67 bits per heavy atom. The van der Waals surface area contributed by atoms with Crippen molar-refractivity contribution >= 4 is 22.4 Å². The summed E-state index contributed by atoms with van der Waals surface area (Å²) in [6, 6.07) is 7.83. The first-order valence-corrected chi connectivity index (χ1v) is 7.58. The minimum Gasteiger partial charge on any atom is -0.494 e. The maximum Gasteiger partial charge on any atom is 0.347 e. The van der Waals surface area contributed by atoms with E-state index in [1.807, 2.05) is 24.3 Å². The summed E-state index contributed by atoms with van der Waals surface area (Å²) in [7, 11) is 0. The lowest BCUT2D eigenvalue weighted by Gasteiger charge is -2.06. The molecule has 112 valence electrons. The molecular formula is C15H18N2O3S. The Morgan fingerprint density at radius 1 is 1.38 bits per heavy atom. The number of aromatic nitrogens is 1. The Labute approximate surface area is 127 Å². The molecule has 0 bridgehead atoms. The number of thiazole rings is 1. The Kier molecular flexibility index (Phi) is 5.16. The number of aromatic carboxylic acids is 1. The molecule has 0 atom stereocenters. The Bertz CT molecular complexity index is 608. The van der Waals surface area contributed by atoms with E-state index < -0.39 is 5.97 Å². The molecule has 0 aliphatic carbocycles. The van der Waals surface area contributed by atoms with Crippen molar-refractivity contribution in [3.63, 3.8) is 0 Å². The van der Waals surface area contributed by atoms with Gasteiger partial charge in [0, 0.05) is 6.54 Å². The highest BCUT2D eigenvalue weighted by atomic mass is 32.1. The number of carbonyl (C=O) groups is 1. The zero-order valence-electron chi connectivity index (χ0n) is 12.0. The first-order valence-electron chi connectivity index (χ1n) is 6.76. The molecule has 0 saturated carbocycles. The van der Waals surface area contributed by atoms with Gasteiger partial charge in [0.25, 0.3) is 0 Å². The number of rotatable bonds is 7. The molecule has 5 nitrogen and oxygen atoms in total. The van der Waals surface area contributed by atoms with Gasteiger partial charge >= 0.3 is 5.97 Å². The molecule has 1 aromatic carbocycles. The molecule has 21 heavy (non-hydrogen) atoms. The van der Waals surface area contributed by atoms with E-state index >= 15 is 0 Å². The van der Waals surface area contributed by atoms with Gasteiger partial charge in [-0.1, -0.05) is 30.4 Å². The van der Waals surface area contributed by atoms with Gasteiger partial charge in [0.05, 0.1) is 12.3 Å². The number of anilines is 1. The van der Waals surface area contributed by atoms with Crippen molar-refractivity contribution < 1.29 is 14.6 Å². The highest BCUT2D eigenvalue weighted by Crippen LogP contribution is 2.23. The van der Waals surface area contributed by atoms with Crippen molar-refractivity contribution in [1.29, 1.82) is 0 Å². The number of ether oxygens (including phenoxy) is 1. The summed E-state index contributed by atoms with van der Waals surface area (Å²) in [5.74, 6) is -0.0747. The molecule has 0 aliphatic rings. The zero-order chi connectivity index (χ0) is 15.2. The van der Waals surface area contributed by atoms with E-state index in [0.29, 0.717) is 24.0 Å². The topological polar surface area (TPSA) is 71.5 Å². The summed E-state index contributed by atoms with van der Waals surface area (Å²) in [6.45, 7) is 5.08. The van der Waals surface area contributed by atoms with Crippen LogP contribution in [0.3, 0.4) is 0 Å². The monoisotopic (exact) mass is 306 g/mol. The molecule has 1 aromatic heterocycles. The van der Waals surface area contributed by atoms with Crippen molar-refractivity contribution in [3.05, 3.63) is 40.4 Å². The van der Waals surface area contributed by atoms with Crippen molar-refractivity contribution in [2.45, 2.75) is 26.8 Å². The third-order valence-electron chi connectivity index (χ3n) is 2.83. The SMILES string of the molecule is CCCOc1ccc(CNc2nc(C)c(C(=O)O)s2)cc1. The summed E-state index contributed by atoms with van der Waals surface area (Å²) >= 11 is 1.15. The maximum absolute atomic E-state index is 11.0. The Balaban J connectivity index is 1.93. The molecule has 0 radical (unpaired) electrons. The van der Waals surface area contributed by atoms with Gasteiger partial charge in [0.2, 0.25) is 0 Å². The third-order valence-corrected chi connectivity index (χ3v) is 3.93. The largest absolute Gasteiger partial charge is 0.494 e. The van der Waals surface area contributed by atoms with E-state index in [1.165, 1.54) is 0 Å². The molecule has 6 heteroatoms. The van der Waals surface area contributed by atoms with Crippen LogP contribution < -0.4 is 10.1 Å². The van der Waals surface area contributed by atoms with Crippen LogP contribution >= 0.6 is 11.3 Å². The lowest BCUT2D eigenvalue weighted by atomic mass is 10.2. The fourth-order valence-electron chi connectivity index (χ4n) is 1.77. The quantitative estimate of drug-likeness (QED) is 0.818. The summed E-state index contributed by atoms with van der Waals surface area (Å²) in [5.41, 5.74) is 1.63. The lowest BCUT2D eigenvalue weighted by Crippen LogP contribution is -1.99. The third kappa shape index (κ3) is 4.19. The highest BCUT2D eigenvalue weighted by molar-refractivity contribution is 7.17. The second kappa shape index (κ2) is 7.08. The van der Waals surface area contributed by atoms with E-state index in [4.69, 9.17) is 9.84 Å². The minimum atomic E-state index is -0.935. The first-order chi connectivity index (χ1) is 10.1. The highest BCUT2D eigenvalue weighted by Gasteiger charge is 2.13. The van der Waals surface area contributed by atoms with Gasteiger partial charge in [-0.15, -0.1) is 0 Å². The van der Waals surface area contributed by atoms with Gasteiger partial charge in [0.1, 0.15) is 10.6 Å². The number of nitrogens with zero attached hydrogens (tertiary/aromatic N) is 1. The number of benzene rings is 1. The van der Waals surface area contributed by atoms with Crippen LogP contribution in [0.5, 0.6) is 5.75 Å². The molecule has 0 saturated heterocycles. The molecule has 0 aliphatic heterocycles. The molecular weight excluding hydrogens is 288 g/mol. The van der Waals surface area contributed by atoms with Crippen LogP contribution in [-0.4, -0.2) is 22.7 Å². The number of hydrogen-bond donors (Lipinski definition) is 2. The molecule has 0 amide bonds. The average Bonchev–Trinajstić information content (AvgIpc) is 2.85. The van der Waals surface area contributed by atoms with Crippen LogP contribution in [0.4, 0.5) is 5.13 Å². The molecule has 0 fully saturated rings. The molecule has 2 rings (SSSR count). The molecule has 1 heterocycles. The van der Waals surface area contributed by atoms with Gasteiger partial charge in [-0.05, 0) is 31.0 Å². The van der Waals surface area contributed by atoms with Crippen LogP contribution in [0, 0.1) is 6.92 Å². The second-order valence-electron chi connectivity index (χ2n) is 4.58. The summed E-state index contributed by atoms with van der Waals surface area (Å²) in [4.78, 5) is 15.4. The molecule has 2 aromatic rings. The lowest BCUT2D eigenvalue weighted by molar-refractivity contribution is 0.0701. The van der Waals surface area contributed by atoms with Gasteiger partial charge < -0.3 is 15.2 Å². The number of aryl methyl sites for hydroxylation is 1. The van der Waals surface area contributed by atoms with Gasteiger partial charge in [0.15, 0.2) is 5.13 Å². The fourth-order valence-corrected chi connectivity index (χ4v) is 2.57. The predicted octanol–water partition coefficient (Wildman–Crippen LogP) is 3.55. The molecule has 0 spiro atoms. The number of carboxylic acid groups (broad SMARTS) is 1. The van der Waals surface area contributed by atoms with Gasteiger partial charge in [-0.3, -0.25) is 0 Å². The summed E-state index contributed by atoms with van der Waals surface area (Å²) in [5, 5.41) is 12.8. The fraction of sp³-hybridized carbons (Fsp3) is 0.333. The van der Waals surface area contributed by atoms with Crippen LogP contribution in [0.2, 0.25) is 0 Å². The minimum absolute atomic E-state index is 0.279. The number of hydrogen-bond acceptors (Lipinski definition) is 5. The normalized spacial score (nSPS) is 10.4. The Morgan fingerprint density at radius 2 is 2.10 bits per heavy atom. The predicted molar refractivity (Wildman–Crippen MR) is 83.4 cm³/mol. The number of nitrogens with one attached hydrogen (secondary N) is 1. The van der Waals surface area contributed by atoms with E-state index in [0.717, 1.165) is 29.1 Å². The molecule has 0 unspecified atom stereocenters. The van der Waals surface area contributed by atoms with Crippen LogP contribution in [0.1, 0.15) is 34.3 Å². The smallest absolute Gasteiger partial charge is 0.347 e.